The summed E-state index contributed by atoms with van der Waals surface area (Å²) in [6.07, 6.45) is -0.684. The van der Waals surface area contributed by atoms with Crippen molar-refractivity contribution in [2.24, 2.45) is 5.92 Å². The maximum Gasteiger partial charge on any atom is 0.261 e. The van der Waals surface area contributed by atoms with Gasteiger partial charge in [0.2, 0.25) is 0 Å². The van der Waals surface area contributed by atoms with E-state index in [1.807, 2.05) is 13.8 Å². The Balaban J connectivity index is 2.05. The molecule has 0 aliphatic rings. The number of carbonyl (C=O) groups excluding carboxylic acids is 1. The Kier molecular flexibility index (Phi) is 7.32. The molecule has 2 aromatic rings. The number of aryl methyl sites for hydroxylation is 1. The molecule has 0 radical (unpaired) electrons. The van der Waals surface area contributed by atoms with Crippen molar-refractivity contribution in [2.75, 3.05) is 11.3 Å². The molecule has 0 aliphatic heterocycles. The molecule has 0 saturated carbocycles. The number of sulfonamides is 1. The number of hydrogen-bond donors (Lipinski definition) is 2. The Morgan fingerprint density at radius 2 is 1.75 bits per heavy atom. The molecule has 0 aliphatic carbocycles. The molecule has 6 nitrogen and oxygen atoms in total. The third kappa shape index (κ3) is 6.14. The fourth-order valence-electron chi connectivity index (χ4n) is 2.35. The Hall–Kier alpha value is -2.25. The second-order valence-corrected chi connectivity index (χ2v) is 9.05. The maximum absolute atomic E-state index is 12.6. The number of hydrogen-bond acceptors (Lipinski definition) is 4. The summed E-state index contributed by atoms with van der Waals surface area (Å²) in [5.41, 5.74) is 1.18. The molecule has 1 atom stereocenters. The van der Waals surface area contributed by atoms with Crippen molar-refractivity contribution < 1.29 is 17.9 Å². The van der Waals surface area contributed by atoms with Gasteiger partial charge in [0.1, 0.15) is 5.75 Å². The van der Waals surface area contributed by atoms with Gasteiger partial charge in [-0.15, -0.1) is 0 Å². The van der Waals surface area contributed by atoms with E-state index in [9.17, 15) is 13.2 Å². The molecule has 0 heterocycles. The molecule has 0 unspecified atom stereocenters. The lowest BCUT2D eigenvalue weighted by Gasteiger charge is -2.16. The molecular weight excluding hydrogens is 400 g/mol. The lowest BCUT2D eigenvalue weighted by Crippen LogP contribution is -2.38. The average molecular weight is 425 g/mol. The van der Waals surface area contributed by atoms with E-state index in [1.54, 1.807) is 32.0 Å². The first kappa shape index (κ1) is 22.0. The SMILES string of the molecule is Cc1cc(Cl)ccc1NS(=O)(=O)c1ccc(O[C@@H](C)C(=O)NCC(C)C)cc1. The number of ether oxygens (including phenoxy) is 1. The van der Waals surface area contributed by atoms with Gasteiger partial charge in [-0.1, -0.05) is 25.4 Å². The highest BCUT2D eigenvalue weighted by molar-refractivity contribution is 7.92. The molecule has 2 rings (SSSR count). The van der Waals surface area contributed by atoms with Gasteiger partial charge < -0.3 is 10.1 Å². The lowest BCUT2D eigenvalue weighted by atomic mass is 10.2. The maximum atomic E-state index is 12.6. The molecule has 2 N–H and O–H groups in total. The van der Waals surface area contributed by atoms with Crippen molar-refractivity contribution >= 4 is 33.2 Å². The molecule has 0 spiro atoms. The zero-order valence-corrected chi connectivity index (χ0v) is 17.9. The Labute approximate surface area is 171 Å². The minimum absolute atomic E-state index is 0.0890. The molecule has 0 fully saturated rings. The van der Waals surface area contributed by atoms with Crippen molar-refractivity contribution in [1.29, 1.82) is 0 Å². The Morgan fingerprint density at radius 1 is 1.11 bits per heavy atom. The van der Waals surface area contributed by atoms with E-state index in [4.69, 9.17) is 16.3 Å². The Bertz CT molecular complexity index is 928. The molecule has 1 amide bonds. The third-order valence-corrected chi connectivity index (χ3v) is 5.55. The van der Waals surface area contributed by atoms with Crippen molar-refractivity contribution in [1.82, 2.24) is 5.32 Å². The normalized spacial score (nSPS) is 12.5. The van der Waals surface area contributed by atoms with Crippen LogP contribution in [0.2, 0.25) is 5.02 Å². The van der Waals surface area contributed by atoms with Crippen LogP contribution in [0, 0.1) is 12.8 Å². The van der Waals surface area contributed by atoms with Crippen LogP contribution >= 0.6 is 11.6 Å². The van der Waals surface area contributed by atoms with Gasteiger partial charge in [0, 0.05) is 11.6 Å². The highest BCUT2D eigenvalue weighted by atomic mass is 35.5. The van der Waals surface area contributed by atoms with Crippen LogP contribution < -0.4 is 14.8 Å². The standard InChI is InChI=1S/C20H25ClN2O4S/c1-13(2)12-22-20(24)15(4)27-17-6-8-18(9-7-17)28(25,26)23-19-10-5-16(21)11-14(19)3/h5-11,13,15,23H,12H2,1-4H3,(H,22,24)/t15-/m0/s1. The quantitative estimate of drug-likeness (QED) is 0.671. The minimum atomic E-state index is -3.76. The molecule has 2 aromatic carbocycles. The predicted octanol–water partition coefficient (Wildman–Crippen LogP) is 3.99. The van der Waals surface area contributed by atoms with Crippen LogP contribution in [0.3, 0.4) is 0 Å². The summed E-state index contributed by atoms with van der Waals surface area (Å²) in [5.74, 6) is 0.538. The van der Waals surface area contributed by atoms with E-state index in [2.05, 4.69) is 10.0 Å². The van der Waals surface area contributed by atoms with Crippen LogP contribution in [0.25, 0.3) is 0 Å². The van der Waals surface area contributed by atoms with Gasteiger partial charge in [0.25, 0.3) is 15.9 Å². The summed E-state index contributed by atoms with van der Waals surface area (Å²) < 4.78 is 33.3. The summed E-state index contributed by atoms with van der Waals surface area (Å²) in [6.45, 7) is 7.99. The highest BCUT2D eigenvalue weighted by Gasteiger charge is 2.17. The molecule has 0 saturated heterocycles. The van der Waals surface area contributed by atoms with Crippen molar-refractivity contribution in [2.45, 2.75) is 38.7 Å². The summed E-state index contributed by atoms with van der Waals surface area (Å²) >= 11 is 5.90. The van der Waals surface area contributed by atoms with Crippen molar-refractivity contribution in [3.8, 4) is 5.75 Å². The van der Waals surface area contributed by atoms with Crippen LogP contribution in [0.4, 0.5) is 5.69 Å². The summed E-state index contributed by atoms with van der Waals surface area (Å²) in [6, 6.07) is 10.8. The minimum Gasteiger partial charge on any atom is -0.481 e. The number of rotatable bonds is 8. The van der Waals surface area contributed by atoms with Crippen molar-refractivity contribution in [3.05, 3.63) is 53.1 Å². The smallest absolute Gasteiger partial charge is 0.261 e. The fourth-order valence-corrected chi connectivity index (χ4v) is 3.71. The number of benzene rings is 2. The van der Waals surface area contributed by atoms with Gasteiger partial charge >= 0.3 is 0 Å². The zero-order valence-electron chi connectivity index (χ0n) is 16.3. The van der Waals surface area contributed by atoms with Gasteiger partial charge in [-0.2, -0.15) is 0 Å². The van der Waals surface area contributed by atoms with Crippen LogP contribution in [-0.2, 0) is 14.8 Å². The third-order valence-electron chi connectivity index (χ3n) is 3.93. The van der Waals surface area contributed by atoms with E-state index in [1.165, 1.54) is 24.3 Å². The first-order valence-electron chi connectivity index (χ1n) is 8.92. The monoisotopic (exact) mass is 424 g/mol. The number of carbonyl (C=O) groups is 1. The molecule has 0 bridgehead atoms. The van der Waals surface area contributed by atoms with Crippen molar-refractivity contribution in [3.63, 3.8) is 0 Å². The van der Waals surface area contributed by atoms with Gasteiger partial charge in [0.05, 0.1) is 10.6 Å². The van der Waals surface area contributed by atoms with E-state index in [-0.39, 0.29) is 10.8 Å². The molecule has 0 aromatic heterocycles. The predicted molar refractivity (Wildman–Crippen MR) is 111 cm³/mol. The second-order valence-electron chi connectivity index (χ2n) is 6.94. The summed E-state index contributed by atoms with van der Waals surface area (Å²) in [4.78, 5) is 12.1. The first-order valence-corrected chi connectivity index (χ1v) is 10.8. The van der Waals surface area contributed by atoms with Crippen LogP contribution in [0.1, 0.15) is 26.3 Å². The van der Waals surface area contributed by atoms with Gasteiger partial charge in [-0.25, -0.2) is 8.42 Å². The van der Waals surface area contributed by atoms with E-state index < -0.39 is 16.1 Å². The molecule has 8 heteroatoms. The van der Waals surface area contributed by atoms with Crippen LogP contribution in [0.5, 0.6) is 5.75 Å². The largest absolute Gasteiger partial charge is 0.481 e. The fraction of sp³-hybridized carbons (Fsp3) is 0.350. The summed E-state index contributed by atoms with van der Waals surface area (Å²) in [5, 5.41) is 3.33. The molecular formula is C20H25ClN2O4S. The van der Waals surface area contributed by atoms with E-state index in [0.29, 0.717) is 28.9 Å². The highest BCUT2D eigenvalue weighted by Crippen LogP contribution is 2.24. The number of halogens is 1. The molecule has 28 heavy (non-hydrogen) atoms. The van der Waals surface area contributed by atoms with Crippen LogP contribution in [0.15, 0.2) is 47.4 Å². The van der Waals surface area contributed by atoms with Crippen LogP contribution in [-0.4, -0.2) is 27.0 Å². The second kappa shape index (κ2) is 9.30. The lowest BCUT2D eigenvalue weighted by molar-refractivity contribution is -0.127. The zero-order chi connectivity index (χ0) is 20.9. The first-order chi connectivity index (χ1) is 13.1. The average Bonchev–Trinajstić information content (AvgIpc) is 2.62. The topological polar surface area (TPSA) is 84.5 Å². The number of anilines is 1. The van der Waals surface area contributed by atoms with Gasteiger partial charge in [0.15, 0.2) is 6.10 Å². The van der Waals surface area contributed by atoms with Gasteiger partial charge in [-0.3, -0.25) is 9.52 Å². The van der Waals surface area contributed by atoms with E-state index >= 15 is 0 Å². The Morgan fingerprint density at radius 3 is 2.32 bits per heavy atom. The van der Waals surface area contributed by atoms with E-state index in [0.717, 1.165) is 5.56 Å². The number of amides is 1. The van der Waals surface area contributed by atoms with Gasteiger partial charge in [-0.05, 0) is 67.8 Å². The molecule has 152 valence electrons. The summed E-state index contributed by atoms with van der Waals surface area (Å²) in [7, 11) is -3.76. The number of nitrogens with one attached hydrogen (secondary N) is 2.